The van der Waals surface area contributed by atoms with Crippen LogP contribution >= 0.6 is 11.6 Å². The van der Waals surface area contributed by atoms with E-state index < -0.39 is 0 Å². The Balaban J connectivity index is 1.96. The van der Waals surface area contributed by atoms with Gasteiger partial charge >= 0.3 is 0 Å². The number of benzene rings is 1. The zero-order chi connectivity index (χ0) is 11.4. The molecule has 2 nitrogen and oxygen atoms in total. The van der Waals surface area contributed by atoms with Crippen LogP contribution in [0.1, 0.15) is 18.9 Å². The van der Waals surface area contributed by atoms with Crippen molar-refractivity contribution >= 4 is 11.6 Å². The van der Waals surface area contributed by atoms with Gasteiger partial charge in [-0.15, -0.1) is 0 Å². The lowest BCUT2D eigenvalue weighted by Crippen LogP contribution is -2.28. The molecule has 0 radical (unpaired) electrons. The maximum atomic E-state index is 6.17. The first kappa shape index (κ1) is 11.9. The fourth-order valence-electron chi connectivity index (χ4n) is 2.08. The predicted molar refractivity (Wildman–Crippen MR) is 68.8 cm³/mol. The topological polar surface area (TPSA) is 15.3 Å². The lowest BCUT2D eigenvalue weighted by Gasteiger charge is -2.20. The maximum Gasteiger partial charge on any atom is 0.0451 e. The van der Waals surface area contributed by atoms with Gasteiger partial charge in [-0.1, -0.05) is 29.8 Å². The molecule has 1 unspecified atom stereocenters. The third kappa shape index (κ3) is 3.21. The third-order valence-electron chi connectivity index (χ3n) is 3.15. The molecule has 1 aromatic carbocycles. The molecule has 1 aliphatic rings. The molecule has 1 heterocycles. The second kappa shape index (κ2) is 5.67. The highest BCUT2D eigenvalue weighted by molar-refractivity contribution is 6.31. The Kier molecular flexibility index (Phi) is 4.22. The third-order valence-corrected chi connectivity index (χ3v) is 3.52. The van der Waals surface area contributed by atoms with Crippen molar-refractivity contribution in [1.29, 1.82) is 0 Å². The summed E-state index contributed by atoms with van der Waals surface area (Å²) in [7, 11) is 0. The van der Waals surface area contributed by atoms with Crippen LogP contribution in [0.5, 0.6) is 0 Å². The molecular formula is C13H19ClN2. The van der Waals surface area contributed by atoms with Crippen LogP contribution in [0.25, 0.3) is 0 Å². The minimum atomic E-state index is 0.635. The number of halogens is 1. The quantitative estimate of drug-likeness (QED) is 0.852. The molecule has 88 valence electrons. The van der Waals surface area contributed by atoms with Crippen LogP contribution in [0.2, 0.25) is 5.02 Å². The van der Waals surface area contributed by atoms with Gasteiger partial charge in [0.25, 0.3) is 0 Å². The van der Waals surface area contributed by atoms with Crippen LogP contribution in [-0.4, -0.2) is 30.6 Å². The number of hydrogen-bond acceptors (Lipinski definition) is 2. The van der Waals surface area contributed by atoms with E-state index in [1.54, 1.807) is 0 Å². The first-order chi connectivity index (χ1) is 7.75. The first-order valence-electron chi connectivity index (χ1n) is 5.95. The number of rotatable bonds is 2. The molecule has 1 aliphatic heterocycles. The van der Waals surface area contributed by atoms with Crippen molar-refractivity contribution in [2.45, 2.75) is 25.9 Å². The molecule has 1 N–H and O–H groups in total. The highest BCUT2D eigenvalue weighted by atomic mass is 35.5. The Labute approximate surface area is 103 Å². The monoisotopic (exact) mass is 238 g/mol. The summed E-state index contributed by atoms with van der Waals surface area (Å²) in [5.74, 6) is 0. The van der Waals surface area contributed by atoms with Crippen LogP contribution in [-0.2, 0) is 6.54 Å². The van der Waals surface area contributed by atoms with Crippen molar-refractivity contribution in [2.75, 3.05) is 19.6 Å². The Hall–Kier alpha value is -0.570. The van der Waals surface area contributed by atoms with E-state index in [9.17, 15) is 0 Å². The van der Waals surface area contributed by atoms with Gasteiger partial charge in [-0.05, 0) is 25.0 Å². The largest absolute Gasteiger partial charge is 0.313 e. The van der Waals surface area contributed by atoms with Gasteiger partial charge in [0, 0.05) is 37.2 Å². The van der Waals surface area contributed by atoms with Crippen LogP contribution in [0.4, 0.5) is 0 Å². The van der Waals surface area contributed by atoms with Crippen molar-refractivity contribution in [3.8, 4) is 0 Å². The Morgan fingerprint density at radius 3 is 3.00 bits per heavy atom. The normalized spacial score (nSPS) is 23.0. The van der Waals surface area contributed by atoms with E-state index in [1.807, 2.05) is 12.1 Å². The molecule has 1 fully saturated rings. The summed E-state index contributed by atoms with van der Waals surface area (Å²) >= 11 is 6.17. The molecule has 0 aliphatic carbocycles. The fourth-order valence-corrected chi connectivity index (χ4v) is 2.28. The summed E-state index contributed by atoms with van der Waals surface area (Å²) in [6.07, 6.45) is 1.21. The smallest absolute Gasteiger partial charge is 0.0451 e. The summed E-state index contributed by atoms with van der Waals surface area (Å²) in [5, 5.41) is 4.38. The Bertz CT molecular complexity index is 340. The van der Waals surface area contributed by atoms with Crippen LogP contribution in [0.15, 0.2) is 24.3 Å². The minimum absolute atomic E-state index is 0.635. The van der Waals surface area contributed by atoms with E-state index >= 15 is 0 Å². The number of nitrogens with zero attached hydrogens (tertiary/aromatic N) is 1. The van der Waals surface area contributed by atoms with E-state index in [4.69, 9.17) is 11.6 Å². The zero-order valence-electron chi connectivity index (χ0n) is 9.75. The predicted octanol–water partition coefficient (Wildman–Crippen LogP) is 2.52. The highest BCUT2D eigenvalue weighted by Crippen LogP contribution is 2.17. The van der Waals surface area contributed by atoms with E-state index in [2.05, 4.69) is 29.3 Å². The molecule has 3 heteroatoms. The molecule has 1 atom stereocenters. The molecule has 0 spiro atoms. The van der Waals surface area contributed by atoms with Gasteiger partial charge in [0.1, 0.15) is 0 Å². The molecule has 0 amide bonds. The van der Waals surface area contributed by atoms with Crippen molar-refractivity contribution in [1.82, 2.24) is 10.2 Å². The van der Waals surface area contributed by atoms with Crippen LogP contribution in [0.3, 0.4) is 0 Å². The lowest BCUT2D eigenvalue weighted by atomic mass is 10.2. The van der Waals surface area contributed by atoms with Gasteiger partial charge in [-0.3, -0.25) is 4.90 Å². The van der Waals surface area contributed by atoms with Crippen molar-refractivity contribution in [3.05, 3.63) is 34.9 Å². The van der Waals surface area contributed by atoms with Gasteiger partial charge in [0.2, 0.25) is 0 Å². The van der Waals surface area contributed by atoms with E-state index in [0.29, 0.717) is 6.04 Å². The Morgan fingerprint density at radius 1 is 1.38 bits per heavy atom. The van der Waals surface area contributed by atoms with Gasteiger partial charge in [0.15, 0.2) is 0 Å². The van der Waals surface area contributed by atoms with E-state index in [0.717, 1.165) is 31.2 Å². The second-order valence-corrected chi connectivity index (χ2v) is 4.92. The zero-order valence-corrected chi connectivity index (χ0v) is 10.5. The van der Waals surface area contributed by atoms with Crippen molar-refractivity contribution in [2.24, 2.45) is 0 Å². The molecule has 0 aromatic heterocycles. The fraction of sp³-hybridized carbons (Fsp3) is 0.538. The Morgan fingerprint density at radius 2 is 2.19 bits per heavy atom. The second-order valence-electron chi connectivity index (χ2n) is 4.51. The minimum Gasteiger partial charge on any atom is -0.313 e. The van der Waals surface area contributed by atoms with Gasteiger partial charge in [-0.2, -0.15) is 0 Å². The van der Waals surface area contributed by atoms with Gasteiger partial charge in [-0.25, -0.2) is 0 Å². The maximum absolute atomic E-state index is 6.17. The number of nitrogens with one attached hydrogen (secondary N) is 1. The van der Waals surface area contributed by atoms with Crippen molar-refractivity contribution < 1.29 is 0 Å². The SMILES string of the molecule is CC1CCN(Cc2ccccc2Cl)CCN1. The lowest BCUT2D eigenvalue weighted by molar-refractivity contribution is 0.282. The molecule has 1 aromatic rings. The van der Waals surface area contributed by atoms with Gasteiger partial charge < -0.3 is 5.32 Å². The molecule has 16 heavy (non-hydrogen) atoms. The van der Waals surface area contributed by atoms with Crippen LogP contribution < -0.4 is 5.32 Å². The van der Waals surface area contributed by atoms with E-state index in [-0.39, 0.29) is 0 Å². The molecule has 2 rings (SSSR count). The molecule has 0 bridgehead atoms. The summed E-state index contributed by atoms with van der Waals surface area (Å²) < 4.78 is 0. The summed E-state index contributed by atoms with van der Waals surface area (Å²) in [6.45, 7) is 6.55. The number of hydrogen-bond donors (Lipinski definition) is 1. The standard InChI is InChI=1S/C13H19ClN2/c1-11-6-8-16(9-7-15-11)10-12-4-2-3-5-13(12)14/h2-5,11,15H,6-10H2,1H3. The average Bonchev–Trinajstić information content (AvgIpc) is 2.47. The summed E-state index contributed by atoms with van der Waals surface area (Å²) in [6, 6.07) is 8.76. The van der Waals surface area contributed by atoms with Gasteiger partial charge in [0.05, 0.1) is 0 Å². The summed E-state index contributed by atoms with van der Waals surface area (Å²) in [5.41, 5.74) is 1.23. The summed E-state index contributed by atoms with van der Waals surface area (Å²) in [4.78, 5) is 2.47. The molecular weight excluding hydrogens is 220 g/mol. The highest BCUT2D eigenvalue weighted by Gasteiger charge is 2.13. The first-order valence-corrected chi connectivity index (χ1v) is 6.32. The van der Waals surface area contributed by atoms with E-state index in [1.165, 1.54) is 12.0 Å². The molecule has 1 saturated heterocycles. The average molecular weight is 239 g/mol. The molecule has 0 saturated carbocycles. The van der Waals surface area contributed by atoms with Crippen LogP contribution in [0, 0.1) is 0 Å². The van der Waals surface area contributed by atoms with Crippen molar-refractivity contribution in [3.63, 3.8) is 0 Å².